The molecule has 0 bridgehead atoms. The highest BCUT2D eigenvalue weighted by atomic mass is 32.2. The van der Waals surface area contributed by atoms with Crippen molar-refractivity contribution in [1.29, 1.82) is 0 Å². The Kier molecular flexibility index (Phi) is 3.60. The van der Waals surface area contributed by atoms with Gasteiger partial charge in [-0.3, -0.25) is 0 Å². The van der Waals surface area contributed by atoms with Crippen LogP contribution in [0.2, 0.25) is 0 Å². The highest BCUT2D eigenvalue weighted by molar-refractivity contribution is 7.99. The number of benzene rings is 1. The second kappa shape index (κ2) is 4.51. The number of thioether (sulfide) groups is 1. The molecule has 0 aliphatic rings. The van der Waals surface area contributed by atoms with Crippen molar-refractivity contribution >= 4 is 17.4 Å². The molecular formula is C10H14FNS. The standard InChI is InChI=1S/C10H14FNS/c1-7(2)6-13-10-5-8(11)3-4-9(10)12/h3-5,7H,6,12H2,1-2H3. The van der Waals surface area contributed by atoms with E-state index in [1.807, 2.05) is 0 Å². The van der Waals surface area contributed by atoms with Crippen molar-refractivity contribution in [3.8, 4) is 0 Å². The second-order valence-corrected chi connectivity index (χ2v) is 4.45. The molecule has 0 unspecified atom stereocenters. The first-order chi connectivity index (χ1) is 6.09. The smallest absolute Gasteiger partial charge is 0.124 e. The summed E-state index contributed by atoms with van der Waals surface area (Å²) in [7, 11) is 0. The summed E-state index contributed by atoms with van der Waals surface area (Å²) < 4.78 is 12.8. The fraction of sp³-hybridized carbons (Fsp3) is 0.400. The van der Waals surface area contributed by atoms with Crippen molar-refractivity contribution < 1.29 is 4.39 Å². The van der Waals surface area contributed by atoms with Gasteiger partial charge in [0.25, 0.3) is 0 Å². The van der Waals surface area contributed by atoms with Crippen LogP contribution in [-0.4, -0.2) is 5.75 Å². The third-order valence-electron chi connectivity index (χ3n) is 1.55. The van der Waals surface area contributed by atoms with Crippen LogP contribution in [0.5, 0.6) is 0 Å². The van der Waals surface area contributed by atoms with Gasteiger partial charge in [-0.1, -0.05) is 13.8 Å². The molecule has 1 rings (SSSR count). The fourth-order valence-corrected chi connectivity index (χ4v) is 1.83. The lowest BCUT2D eigenvalue weighted by Crippen LogP contribution is -1.94. The summed E-state index contributed by atoms with van der Waals surface area (Å²) in [6.45, 7) is 4.25. The summed E-state index contributed by atoms with van der Waals surface area (Å²) in [5, 5.41) is 0. The van der Waals surface area contributed by atoms with Crippen molar-refractivity contribution in [3.63, 3.8) is 0 Å². The SMILES string of the molecule is CC(C)CSc1cc(F)ccc1N. The van der Waals surface area contributed by atoms with Crippen LogP contribution >= 0.6 is 11.8 Å². The lowest BCUT2D eigenvalue weighted by Gasteiger charge is -2.06. The van der Waals surface area contributed by atoms with E-state index in [9.17, 15) is 4.39 Å². The summed E-state index contributed by atoms with van der Waals surface area (Å²) in [5.41, 5.74) is 6.35. The minimum Gasteiger partial charge on any atom is -0.398 e. The predicted octanol–water partition coefficient (Wildman–Crippen LogP) is 3.16. The molecule has 0 aliphatic heterocycles. The summed E-state index contributed by atoms with van der Waals surface area (Å²) in [6, 6.07) is 4.48. The van der Waals surface area contributed by atoms with E-state index in [0.29, 0.717) is 11.6 Å². The molecule has 0 fully saturated rings. The van der Waals surface area contributed by atoms with Crippen molar-refractivity contribution in [2.24, 2.45) is 5.92 Å². The molecule has 3 heteroatoms. The molecule has 0 saturated heterocycles. The molecule has 1 aromatic carbocycles. The van der Waals surface area contributed by atoms with E-state index >= 15 is 0 Å². The van der Waals surface area contributed by atoms with Crippen LogP contribution in [0.4, 0.5) is 10.1 Å². The van der Waals surface area contributed by atoms with E-state index in [1.54, 1.807) is 17.8 Å². The number of halogens is 1. The van der Waals surface area contributed by atoms with Gasteiger partial charge in [0.1, 0.15) is 5.82 Å². The Morgan fingerprint density at radius 2 is 2.15 bits per heavy atom. The van der Waals surface area contributed by atoms with Gasteiger partial charge in [0, 0.05) is 16.3 Å². The molecule has 2 N–H and O–H groups in total. The van der Waals surface area contributed by atoms with Crippen LogP contribution in [0.15, 0.2) is 23.1 Å². The topological polar surface area (TPSA) is 26.0 Å². The van der Waals surface area contributed by atoms with Crippen LogP contribution in [-0.2, 0) is 0 Å². The van der Waals surface area contributed by atoms with Gasteiger partial charge in [-0.25, -0.2) is 4.39 Å². The van der Waals surface area contributed by atoms with Gasteiger partial charge in [-0.05, 0) is 24.1 Å². The Labute approximate surface area is 82.5 Å². The number of rotatable bonds is 3. The van der Waals surface area contributed by atoms with Crippen molar-refractivity contribution in [1.82, 2.24) is 0 Å². The molecule has 0 aliphatic carbocycles. The minimum absolute atomic E-state index is 0.222. The number of nitrogen functional groups attached to an aromatic ring is 1. The van der Waals surface area contributed by atoms with Gasteiger partial charge in [-0.2, -0.15) is 0 Å². The molecule has 72 valence electrons. The first-order valence-corrected chi connectivity index (χ1v) is 5.26. The molecule has 13 heavy (non-hydrogen) atoms. The second-order valence-electron chi connectivity index (χ2n) is 3.39. The number of hydrogen-bond acceptors (Lipinski definition) is 2. The van der Waals surface area contributed by atoms with Gasteiger partial charge in [0.2, 0.25) is 0 Å². The van der Waals surface area contributed by atoms with Crippen LogP contribution in [0, 0.1) is 11.7 Å². The van der Waals surface area contributed by atoms with Gasteiger partial charge in [-0.15, -0.1) is 11.8 Å². The summed E-state index contributed by atoms with van der Waals surface area (Å²) in [6.07, 6.45) is 0. The number of nitrogens with two attached hydrogens (primary N) is 1. The highest BCUT2D eigenvalue weighted by Gasteiger charge is 2.02. The molecular weight excluding hydrogens is 185 g/mol. The zero-order chi connectivity index (χ0) is 9.84. The summed E-state index contributed by atoms with van der Waals surface area (Å²) >= 11 is 1.60. The molecule has 0 aromatic heterocycles. The van der Waals surface area contributed by atoms with Crippen molar-refractivity contribution in [3.05, 3.63) is 24.0 Å². The average molecular weight is 199 g/mol. The van der Waals surface area contributed by atoms with E-state index in [-0.39, 0.29) is 5.82 Å². The number of hydrogen-bond donors (Lipinski definition) is 1. The highest BCUT2D eigenvalue weighted by Crippen LogP contribution is 2.27. The zero-order valence-corrected chi connectivity index (χ0v) is 8.70. The zero-order valence-electron chi connectivity index (χ0n) is 7.88. The minimum atomic E-state index is -0.222. The Bertz CT molecular complexity index is 286. The van der Waals surface area contributed by atoms with Crippen LogP contribution in [0.1, 0.15) is 13.8 Å². The molecule has 0 atom stereocenters. The quantitative estimate of drug-likeness (QED) is 0.597. The van der Waals surface area contributed by atoms with Gasteiger partial charge in [0.15, 0.2) is 0 Å². The third-order valence-corrected chi connectivity index (χ3v) is 3.05. The van der Waals surface area contributed by atoms with E-state index in [4.69, 9.17) is 5.73 Å². The average Bonchev–Trinajstić information content (AvgIpc) is 2.06. The monoisotopic (exact) mass is 199 g/mol. The molecule has 0 amide bonds. The van der Waals surface area contributed by atoms with E-state index < -0.39 is 0 Å². The van der Waals surface area contributed by atoms with Gasteiger partial charge < -0.3 is 5.73 Å². The summed E-state index contributed by atoms with van der Waals surface area (Å²) in [5.74, 6) is 1.33. The molecule has 0 saturated carbocycles. The maximum absolute atomic E-state index is 12.8. The molecule has 1 nitrogen and oxygen atoms in total. The lowest BCUT2D eigenvalue weighted by atomic mass is 10.3. The van der Waals surface area contributed by atoms with E-state index in [2.05, 4.69) is 13.8 Å². The van der Waals surface area contributed by atoms with E-state index in [0.717, 1.165) is 10.6 Å². The summed E-state index contributed by atoms with van der Waals surface area (Å²) in [4.78, 5) is 0.841. The van der Waals surface area contributed by atoms with Gasteiger partial charge in [0.05, 0.1) is 0 Å². The lowest BCUT2D eigenvalue weighted by molar-refractivity contribution is 0.624. The van der Waals surface area contributed by atoms with Gasteiger partial charge >= 0.3 is 0 Å². The molecule has 0 heterocycles. The first kappa shape index (κ1) is 10.4. The largest absolute Gasteiger partial charge is 0.398 e. The first-order valence-electron chi connectivity index (χ1n) is 4.27. The molecule has 1 aromatic rings. The van der Waals surface area contributed by atoms with Crippen LogP contribution in [0.25, 0.3) is 0 Å². The molecule has 0 spiro atoms. The van der Waals surface area contributed by atoms with Crippen molar-refractivity contribution in [2.75, 3.05) is 11.5 Å². The Morgan fingerprint density at radius 1 is 1.46 bits per heavy atom. The Hall–Kier alpha value is -0.700. The Morgan fingerprint density at radius 3 is 2.77 bits per heavy atom. The normalized spacial score (nSPS) is 10.8. The molecule has 0 radical (unpaired) electrons. The van der Waals surface area contributed by atoms with E-state index in [1.165, 1.54) is 12.1 Å². The van der Waals surface area contributed by atoms with Crippen LogP contribution < -0.4 is 5.73 Å². The maximum Gasteiger partial charge on any atom is 0.124 e. The van der Waals surface area contributed by atoms with Crippen molar-refractivity contribution in [2.45, 2.75) is 18.7 Å². The maximum atomic E-state index is 12.8. The predicted molar refractivity (Wildman–Crippen MR) is 56.4 cm³/mol. The fourth-order valence-electron chi connectivity index (χ4n) is 0.890. The number of anilines is 1. The van der Waals surface area contributed by atoms with Crippen LogP contribution in [0.3, 0.4) is 0 Å². The third kappa shape index (κ3) is 3.27. The Balaban J connectivity index is 2.70.